The molecule has 1 aliphatic heterocycles. The summed E-state index contributed by atoms with van der Waals surface area (Å²) in [6.07, 6.45) is 3.95. The monoisotopic (exact) mass is 355 g/mol. The molecule has 0 bridgehead atoms. The zero-order chi connectivity index (χ0) is 18.4. The Balaban J connectivity index is 1.51. The van der Waals surface area contributed by atoms with Crippen molar-refractivity contribution in [3.8, 4) is 0 Å². The summed E-state index contributed by atoms with van der Waals surface area (Å²) in [6, 6.07) is 9.74. The number of carbonyl (C=O) groups is 1. The summed E-state index contributed by atoms with van der Waals surface area (Å²) in [6.45, 7) is 2.81. The van der Waals surface area contributed by atoms with Crippen LogP contribution >= 0.6 is 0 Å². The van der Waals surface area contributed by atoms with E-state index in [2.05, 4.69) is 20.5 Å². The molecule has 26 heavy (non-hydrogen) atoms. The number of hydrogen-bond acceptors (Lipinski definition) is 6. The second kappa shape index (κ2) is 8.28. The highest BCUT2D eigenvalue weighted by atomic mass is 16.6. The molecular formula is C18H21N5O3. The lowest BCUT2D eigenvalue weighted by molar-refractivity contribution is -0.384. The van der Waals surface area contributed by atoms with Gasteiger partial charge < -0.3 is 15.5 Å². The highest BCUT2D eigenvalue weighted by molar-refractivity contribution is 5.98. The number of nitro benzene ring substituents is 1. The van der Waals surface area contributed by atoms with Crippen molar-refractivity contribution in [3.05, 3.63) is 58.3 Å². The Morgan fingerprint density at radius 1 is 1.15 bits per heavy atom. The Kier molecular flexibility index (Phi) is 5.62. The lowest BCUT2D eigenvalue weighted by Gasteiger charge is -2.19. The van der Waals surface area contributed by atoms with Crippen molar-refractivity contribution in [3.63, 3.8) is 0 Å². The van der Waals surface area contributed by atoms with Crippen LogP contribution in [0.3, 0.4) is 0 Å². The zero-order valence-electron chi connectivity index (χ0n) is 14.4. The smallest absolute Gasteiger partial charge is 0.269 e. The number of carbonyl (C=O) groups excluding carboxylic acids is 1. The first-order valence-electron chi connectivity index (χ1n) is 8.61. The Morgan fingerprint density at radius 3 is 2.58 bits per heavy atom. The second-order valence-corrected chi connectivity index (χ2v) is 6.06. The van der Waals surface area contributed by atoms with Crippen LogP contribution in [0.1, 0.15) is 23.2 Å². The van der Waals surface area contributed by atoms with Gasteiger partial charge in [0, 0.05) is 50.2 Å². The third-order valence-corrected chi connectivity index (χ3v) is 4.25. The molecule has 1 aromatic carbocycles. The highest BCUT2D eigenvalue weighted by Crippen LogP contribution is 2.21. The number of non-ortho nitro benzene ring substituents is 1. The number of pyridine rings is 1. The molecule has 8 nitrogen and oxygen atoms in total. The van der Waals surface area contributed by atoms with E-state index in [9.17, 15) is 14.9 Å². The van der Waals surface area contributed by atoms with Gasteiger partial charge in [-0.1, -0.05) is 0 Å². The minimum absolute atomic E-state index is 0.0508. The van der Waals surface area contributed by atoms with E-state index in [4.69, 9.17) is 0 Å². The standard InChI is InChI=1S/C18H21N5O3/c24-18(16-4-3-9-20-17(16)22-12-1-2-13-22)21-11-10-19-14-5-7-15(8-6-14)23(25)26/h3-9,19H,1-2,10-13H2,(H,21,24). The molecule has 0 saturated carbocycles. The average Bonchev–Trinajstić information content (AvgIpc) is 3.20. The maximum atomic E-state index is 12.5. The quantitative estimate of drug-likeness (QED) is 0.449. The van der Waals surface area contributed by atoms with Crippen molar-refractivity contribution in [2.24, 2.45) is 0 Å². The third-order valence-electron chi connectivity index (χ3n) is 4.25. The molecule has 0 atom stereocenters. The van der Waals surface area contributed by atoms with Gasteiger partial charge in [0.2, 0.25) is 0 Å². The van der Waals surface area contributed by atoms with Crippen molar-refractivity contribution in [2.45, 2.75) is 12.8 Å². The molecule has 136 valence electrons. The van der Waals surface area contributed by atoms with Gasteiger partial charge in [0.05, 0.1) is 10.5 Å². The summed E-state index contributed by atoms with van der Waals surface area (Å²) in [4.78, 5) is 29.2. The summed E-state index contributed by atoms with van der Waals surface area (Å²) in [7, 11) is 0. The van der Waals surface area contributed by atoms with E-state index in [1.54, 1.807) is 30.5 Å². The van der Waals surface area contributed by atoms with E-state index in [0.717, 1.165) is 37.4 Å². The van der Waals surface area contributed by atoms with Crippen LogP contribution < -0.4 is 15.5 Å². The Morgan fingerprint density at radius 2 is 1.88 bits per heavy atom. The first-order valence-corrected chi connectivity index (χ1v) is 8.61. The van der Waals surface area contributed by atoms with Crippen molar-refractivity contribution >= 4 is 23.1 Å². The predicted octanol–water partition coefficient (Wildman–Crippen LogP) is 2.43. The highest BCUT2D eigenvalue weighted by Gasteiger charge is 2.20. The molecule has 1 aromatic heterocycles. The van der Waals surface area contributed by atoms with Gasteiger partial charge in [-0.15, -0.1) is 0 Å². The SMILES string of the molecule is O=C(NCCNc1ccc([N+](=O)[O-])cc1)c1cccnc1N1CCCC1. The number of amides is 1. The van der Waals surface area contributed by atoms with Crippen molar-refractivity contribution < 1.29 is 9.72 Å². The lowest BCUT2D eigenvalue weighted by atomic mass is 10.2. The fourth-order valence-corrected chi connectivity index (χ4v) is 2.93. The van der Waals surface area contributed by atoms with E-state index >= 15 is 0 Å². The number of nitrogens with one attached hydrogen (secondary N) is 2. The molecule has 2 N–H and O–H groups in total. The molecule has 0 radical (unpaired) electrons. The largest absolute Gasteiger partial charge is 0.383 e. The van der Waals surface area contributed by atoms with Crippen LogP contribution in [-0.2, 0) is 0 Å². The van der Waals surface area contributed by atoms with Gasteiger partial charge in [0.1, 0.15) is 5.82 Å². The van der Waals surface area contributed by atoms with Gasteiger partial charge in [-0.2, -0.15) is 0 Å². The third kappa shape index (κ3) is 4.27. The maximum absolute atomic E-state index is 12.5. The van der Waals surface area contributed by atoms with Gasteiger partial charge in [-0.25, -0.2) is 4.98 Å². The number of hydrogen-bond donors (Lipinski definition) is 2. The number of nitrogens with zero attached hydrogens (tertiary/aromatic N) is 3. The van der Waals surface area contributed by atoms with Gasteiger partial charge in [-0.3, -0.25) is 14.9 Å². The summed E-state index contributed by atoms with van der Waals surface area (Å²) < 4.78 is 0. The molecule has 8 heteroatoms. The molecule has 1 saturated heterocycles. The molecule has 0 unspecified atom stereocenters. The Bertz CT molecular complexity index is 773. The maximum Gasteiger partial charge on any atom is 0.269 e. The van der Waals surface area contributed by atoms with E-state index in [-0.39, 0.29) is 11.6 Å². The van der Waals surface area contributed by atoms with Gasteiger partial charge in [-0.05, 0) is 37.1 Å². The fraction of sp³-hybridized carbons (Fsp3) is 0.333. The van der Waals surface area contributed by atoms with Crippen LogP contribution in [0.2, 0.25) is 0 Å². The lowest BCUT2D eigenvalue weighted by Crippen LogP contribution is -2.31. The van der Waals surface area contributed by atoms with Crippen LogP contribution in [0, 0.1) is 10.1 Å². The van der Waals surface area contributed by atoms with E-state index < -0.39 is 4.92 Å². The van der Waals surface area contributed by atoms with Crippen LogP contribution in [0.25, 0.3) is 0 Å². The molecule has 0 aliphatic carbocycles. The molecule has 2 aromatic rings. The summed E-state index contributed by atoms with van der Waals surface area (Å²) in [5.74, 6) is 0.594. The number of aromatic nitrogens is 1. The summed E-state index contributed by atoms with van der Waals surface area (Å²) in [5, 5.41) is 16.6. The summed E-state index contributed by atoms with van der Waals surface area (Å²) >= 11 is 0. The normalized spacial score (nSPS) is 13.5. The van der Waals surface area contributed by atoms with E-state index in [1.807, 2.05) is 0 Å². The van der Waals surface area contributed by atoms with Gasteiger partial charge in [0.15, 0.2) is 0 Å². The number of benzene rings is 1. The molecule has 1 aliphatic rings. The molecule has 3 rings (SSSR count). The number of rotatable bonds is 7. The molecule has 0 spiro atoms. The van der Waals surface area contributed by atoms with Crippen LogP contribution in [0.5, 0.6) is 0 Å². The fourth-order valence-electron chi connectivity index (χ4n) is 2.93. The van der Waals surface area contributed by atoms with Gasteiger partial charge in [0.25, 0.3) is 11.6 Å². The first-order chi connectivity index (χ1) is 12.6. The van der Waals surface area contributed by atoms with E-state index in [1.165, 1.54) is 12.1 Å². The van der Waals surface area contributed by atoms with Crippen molar-refractivity contribution in [1.82, 2.24) is 10.3 Å². The van der Waals surface area contributed by atoms with E-state index in [0.29, 0.717) is 18.7 Å². The predicted molar refractivity (Wildman–Crippen MR) is 99.6 cm³/mol. The molecular weight excluding hydrogens is 334 g/mol. The van der Waals surface area contributed by atoms with Crippen LogP contribution in [-0.4, -0.2) is 42.0 Å². The molecule has 1 fully saturated rings. The zero-order valence-corrected chi connectivity index (χ0v) is 14.4. The summed E-state index contributed by atoms with van der Waals surface area (Å²) in [5.41, 5.74) is 1.41. The topological polar surface area (TPSA) is 100 Å². The molecule has 2 heterocycles. The Hall–Kier alpha value is -3.16. The van der Waals surface area contributed by atoms with Gasteiger partial charge >= 0.3 is 0 Å². The van der Waals surface area contributed by atoms with Crippen LogP contribution in [0.15, 0.2) is 42.6 Å². The second-order valence-electron chi connectivity index (χ2n) is 6.06. The minimum atomic E-state index is -0.435. The molecule has 1 amide bonds. The number of anilines is 2. The number of nitro groups is 1. The average molecular weight is 355 g/mol. The Labute approximate surface area is 151 Å². The van der Waals surface area contributed by atoms with Crippen molar-refractivity contribution in [2.75, 3.05) is 36.4 Å². The van der Waals surface area contributed by atoms with Crippen LogP contribution in [0.4, 0.5) is 17.2 Å². The first kappa shape index (κ1) is 17.7. The van der Waals surface area contributed by atoms with Crippen molar-refractivity contribution in [1.29, 1.82) is 0 Å². The minimum Gasteiger partial charge on any atom is -0.383 e.